The van der Waals surface area contributed by atoms with Crippen LogP contribution >= 0.6 is 0 Å². The number of benzene rings is 1. The van der Waals surface area contributed by atoms with Crippen LogP contribution in [0.3, 0.4) is 0 Å². The van der Waals surface area contributed by atoms with Gasteiger partial charge < -0.3 is 10.5 Å². The van der Waals surface area contributed by atoms with Crippen molar-refractivity contribution in [3.8, 4) is 5.75 Å². The SMILES string of the molecule is CCCCC(=O)c1cc(OCC(C)C)ccc1N. The molecule has 0 saturated carbocycles. The fraction of sp³-hybridized carbons (Fsp3) is 0.533. The molecule has 0 heterocycles. The molecule has 0 spiro atoms. The van der Waals surface area contributed by atoms with Crippen LogP contribution in [-0.2, 0) is 0 Å². The summed E-state index contributed by atoms with van der Waals surface area (Å²) in [4.78, 5) is 12.0. The summed E-state index contributed by atoms with van der Waals surface area (Å²) in [7, 11) is 0. The molecule has 0 amide bonds. The third kappa shape index (κ3) is 4.40. The lowest BCUT2D eigenvalue weighted by atomic mass is 10.0. The van der Waals surface area contributed by atoms with E-state index in [-0.39, 0.29) is 5.78 Å². The number of nitrogen functional groups attached to an aromatic ring is 1. The molecule has 0 saturated heterocycles. The Bertz CT molecular complexity index is 399. The van der Waals surface area contributed by atoms with Gasteiger partial charge in [0.1, 0.15) is 5.75 Å². The van der Waals surface area contributed by atoms with Crippen LogP contribution in [-0.4, -0.2) is 12.4 Å². The predicted molar refractivity (Wildman–Crippen MR) is 75.0 cm³/mol. The lowest BCUT2D eigenvalue weighted by molar-refractivity contribution is 0.0980. The first-order chi connectivity index (χ1) is 8.54. The molecule has 18 heavy (non-hydrogen) atoms. The number of rotatable bonds is 7. The van der Waals surface area contributed by atoms with Crippen LogP contribution < -0.4 is 10.5 Å². The van der Waals surface area contributed by atoms with E-state index < -0.39 is 0 Å². The zero-order chi connectivity index (χ0) is 13.5. The van der Waals surface area contributed by atoms with Gasteiger partial charge in [-0.3, -0.25) is 4.79 Å². The van der Waals surface area contributed by atoms with Crippen molar-refractivity contribution >= 4 is 11.5 Å². The van der Waals surface area contributed by atoms with Crippen LogP contribution in [0.2, 0.25) is 0 Å². The van der Waals surface area contributed by atoms with Crippen molar-refractivity contribution in [2.75, 3.05) is 12.3 Å². The maximum atomic E-state index is 12.0. The number of anilines is 1. The minimum absolute atomic E-state index is 0.101. The van der Waals surface area contributed by atoms with E-state index in [1.165, 1.54) is 0 Å². The van der Waals surface area contributed by atoms with Crippen molar-refractivity contribution in [2.24, 2.45) is 5.92 Å². The molecule has 1 rings (SSSR count). The molecule has 0 aromatic heterocycles. The van der Waals surface area contributed by atoms with Crippen LogP contribution in [0.1, 0.15) is 50.4 Å². The monoisotopic (exact) mass is 249 g/mol. The van der Waals surface area contributed by atoms with Crippen molar-refractivity contribution in [1.82, 2.24) is 0 Å². The lowest BCUT2D eigenvalue weighted by Gasteiger charge is -2.11. The zero-order valence-corrected chi connectivity index (χ0v) is 11.5. The standard InChI is InChI=1S/C15H23NO2/c1-4-5-6-15(17)13-9-12(7-8-14(13)16)18-10-11(2)3/h7-9,11H,4-6,10,16H2,1-3H3. The van der Waals surface area contributed by atoms with Gasteiger partial charge in [0.05, 0.1) is 6.61 Å². The summed E-state index contributed by atoms with van der Waals surface area (Å²) < 4.78 is 5.61. The van der Waals surface area contributed by atoms with Crippen LogP contribution in [0.5, 0.6) is 5.75 Å². The molecule has 0 aliphatic rings. The Labute approximate surface area is 109 Å². The third-order valence-corrected chi connectivity index (χ3v) is 2.67. The molecule has 1 aromatic rings. The van der Waals surface area contributed by atoms with Gasteiger partial charge in [-0.2, -0.15) is 0 Å². The molecule has 0 atom stereocenters. The molecule has 0 aliphatic heterocycles. The first kappa shape index (κ1) is 14.6. The summed E-state index contributed by atoms with van der Waals surface area (Å²) in [6.45, 7) is 6.89. The van der Waals surface area contributed by atoms with Crippen LogP contribution in [0, 0.1) is 5.92 Å². The number of hydrogen-bond acceptors (Lipinski definition) is 3. The Morgan fingerprint density at radius 3 is 2.72 bits per heavy atom. The summed E-state index contributed by atoms with van der Waals surface area (Å²) >= 11 is 0. The molecule has 2 N–H and O–H groups in total. The third-order valence-electron chi connectivity index (χ3n) is 2.67. The fourth-order valence-electron chi connectivity index (χ4n) is 1.60. The van der Waals surface area contributed by atoms with Gasteiger partial charge >= 0.3 is 0 Å². The van der Waals surface area contributed by atoms with Gasteiger partial charge in [0.2, 0.25) is 0 Å². The molecule has 3 heteroatoms. The first-order valence-corrected chi connectivity index (χ1v) is 6.60. The average molecular weight is 249 g/mol. The van der Waals surface area contributed by atoms with Gasteiger partial charge in [-0.15, -0.1) is 0 Å². The van der Waals surface area contributed by atoms with Gasteiger partial charge in [-0.1, -0.05) is 27.2 Å². The number of carbonyl (C=O) groups excluding carboxylic acids is 1. The molecule has 0 bridgehead atoms. The Morgan fingerprint density at radius 1 is 1.39 bits per heavy atom. The summed E-state index contributed by atoms with van der Waals surface area (Å²) in [5.41, 5.74) is 6.96. The summed E-state index contributed by atoms with van der Waals surface area (Å²) in [5, 5.41) is 0. The van der Waals surface area contributed by atoms with Crippen molar-refractivity contribution in [3.05, 3.63) is 23.8 Å². The maximum Gasteiger partial charge on any atom is 0.165 e. The second-order valence-corrected chi connectivity index (χ2v) is 4.98. The summed E-state index contributed by atoms with van der Waals surface area (Å²) in [5.74, 6) is 1.28. The second-order valence-electron chi connectivity index (χ2n) is 4.98. The predicted octanol–water partition coefficient (Wildman–Crippen LogP) is 3.68. The largest absolute Gasteiger partial charge is 0.493 e. The van der Waals surface area contributed by atoms with E-state index in [0.29, 0.717) is 30.2 Å². The molecule has 1 aromatic carbocycles. The number of ether oxygens (including phenoxy) is 1. The van der Waals surface area contributed by atoms with Gasteiger partial charge in [0.15, 0.2) is 5.78 Å². The fourth-order valence-corrected chi connectivity index (χ4v) is 1.60. The zero-order valence-electron chi connectivity index (χ0n) is 11.5. The Morgan fingerprint density at radius 2 is 2.11 bits per heavy atom. The van der Waals surface area contributed by atoms with Crippen molar-refractivity contribution in [1.29, 1.82) is 0 Å². The second kappa shape index (κ2) is 7.04. The minimum Gasteiger partial charge on any atom is -0.493 e. The smallest absolute Gasteiger partial charge is 0.165 e. The topological polar surface area (TPSA) is 52.3 Å². The Hall–Kier alpha value is -1.51. The molecule has 100 valence electrons. The van der Waals surface area contributed by atoms with Crippen molar-refractivity contribution in [2.45, 2.75) is 40.0 Å². The molecular weight excluding hydrogens is 226 g/mol. The van der Waals surface area contributed by atoms with E-state index in [0.717, 1.165) is 18.6 Å². The highest BCUT2D eigenvalue weighted by molar-refractivity contribution is 6.01. The number of nitrogens with two attached hydrogens (primary N) is 1. The minimum atomic E-state index is 0.101. The van der Waals surface area contributed by atoms with Gasteiger partial charge in [-0.05, 0) is 30.5 Å². The number of carbonyl (C=O) groups is 1. The van der Waals surface area contributed by atoms with E-state index in [4.69, 9.17) is 10.5 Å². The van der Waals surface area contributed by atoms with Crippen LogP contribution in [0.25, 0.3) is 0 Å². The highest BCUT2D eigenvalue weighted by Gasteiger charge is 2.11. The normalized spacial score (nSPS) is 10.7. The van der Waals surface area contributed by atoms with Crippen LogP contribution in [0.4, 0.5) is 5.69 Å². The average Bonchev–Trinajstić information content (AvgIpc) is 2.34. The number of unbranched alkanes of at least 4 members (excludes halogenated alkanes) is 1. The van der Waals surface area contributed by atoms with Gasteiger partial charge in [-0.25, -0.2) is 0 Å². The number of Topliss-reactive ketones (excluding diaryl/α,β-unsaturated/α-hetero) is 1. The Kier molecular flexibility index (Phi) is 5.69. The van der Waals surface area contributed by atoms with Gasteiger partial charge in [0, 0.05) is 17.7 Å². The van der Waals surface area contributed by atoms with E-state index in [9.17, 15) is 4.79 Å². The molecule has 0 aliphatic carbocycles. The van der Waals surface area contributed by atoms with Crippen LogP contribution in [0.15, 0.2) is 18.2 Å². The molecule has 3 nitrogen and oxygen atoms in total. The quantitative estimate of drug-likeness (QED) is 0.592. The summed E-state index contributed by atoms with van der Waals surface area (Å²) in [6, 6.07) is 5.32. The first-order valence-electron chi connectivity index (χ1n) is 6.60. The van der Waals surface area contributed by atoms with Crippen molar-refractivity contribution in [3.63, 3.8) is 0 Å². The van der Waals surface area contributed by atoms with Gasteiger partial charge in [0.25, 0.3) is 0 Å². The summed E-state index contributed by atoms with van der Waals surface area (Å²) in [6.07, 6.45) is 2.46. The highest BCUT2D eigenvalue weighted by Crippen LogP contribution is 2.22. The van der Waals surface area contributed by atoms with Crippen molar-refractivity contribution < 1.29 is 9.53 Å². The number of hydrogen-bond donors (Lipinski definition) is 1. The van der Waals surface area contributed by atoms with E-state index in [1.807, 2.05) is 6.07 Å². The van der Waals surface area contributed by atoms with E-state index >= 15 is 0 Å². The maximum absolute atomic E-state index is 12.0. The van der Waals surface area contributed by atoms with E-state index in [2.05, 4.69) is 20.8 Å². The molecular formula is C15H23NO2. The highest BCUT2D eigenvalue weighted by atomic mass is 16.5. The molecule has 0 radical (unpaired) electrons. The Balaban J connectivity index is 2.77. The number of ketones is 1. The molecule has 0 fully saturated rings. The lowest BCUT2D eigenvalue weighted by Crippen LogP contribution is -2.07. The van der Waals surface area contributed by atoms with E-state index in [1.54, 1.807) is 12.1 Å². The molecule has 0 unspecified atom stereocenters.